The molecule has 0 atom stereocenters. The summed E-state index contributed by atoms with van der Waals surface area (Å²) in [7, 11) is 0. The predicted octanol–water partition coefficient (Wildman–Crippen LogP) is 10.9. The Balaban J connectivity index is 1.17. The Kier molecular flexibility index (Phi) is 4.67. The van der Waals surface area contributed by atoms with Crippen LogP contribution in [0.5, 0.6) is 0 Å². The summed E-state index contributed by atoms with van der Waals surface area (Å²) in [6.07, 6.45) is 0. The monoisotopic (exact) mass is 519 g/mol. The molecule has 190 valence electrons. The summed E-state index contributed by atoms with van der Waals surface area (Å²) >= 11 is 0. The lowest BCUT2D eigenvalue weighted by atomic mass is 9.95. The van der Waals surface area contributed by atoms with Crippen LogP contribution in [-0.4, -0.2) is 4.57 Å². The molecule has 41 heavy (non-hydrogen) atoms. The average molecular weight is 520 g/mol. The number of fused-ring (bicyclic) bond motifs is 6. The van der Waals surface area contributed by atoms with Gasteiger partial charge < -0.3 is 4.57 Å². The van der Waals surface area contributed by atoms with Crippen LogP contribution in [-0.2, 0) is 0 Å². The van der Waals surface area contributed by atoms with Crippen LogP contribution in [0.1, 0.15) is 0 Å². The first-order valence-corrected chi connectivity index (χ1v) is 14.2. The Morgan fingerprint density at radius 2 is 0.976 bits per heavy atom. The maximum atomic E-state index is 2.37. The number of rotatable bonds is 3. The molecule has 0 amide bonds. The maximum absolute atomic E-state index is 2.37. The summed E-state index contributed by atoms with van der Waals surface area (Å²) in [5, 5.41) is 5.23. The van der Waals surface area contributed by atoms with Crippen LogP contribution in [0.2, 0.25) is 0 Å². The number of aromatic nitrogens is 1. The number of hydrogen-bond donors (Lipinski definition) is 0. The number of nitrogens with zero attached hydrogens (tertiary/aromatic N) is 1. The number of para-hydroxylation sites is 2. The zero-order valence-electron chi connectivity index (χ0n) is 22.4. The van der Waals surface area contributed by atoms with E-state index >= 15 is 0 Å². The Hall–Kier alpha value is -5.40. The highest BCUT2D eigenvalue weighted by atomic mass is 15.0. The fraction of sp³-hybridized carbons (Fsp3) is 0. The Labute approximate surface area is 238 Å². The first kappa shape index (κ1) is 22.4. The summed E-state index contributed by atoms with van der Waals surface area (Å²) in [4.78, 5) is 0. The van der Waals surface area contributed by atoms with E-state index in [4.69, 9.17) is 0 Å². The van der Waals surface area contributed by atoms with Crippen molar-refractivity contribution >= 4 is 32.6 Å². The molecule has 0 fully saturated rings. The summed E-state index contributed by atoms with van der Waals surface area (Å²) < 4.78 is 2.37. The minimum atomic E-state index is 1.18. The van der Waals surface area contributed by atoms with Crippen LogP contribution in [0.3, 0.4) is 0 Å². The van der Waals surface area contributed by atoms with Crippen molar-refractivity contribution in [3.63, 3.8) is 0 Å². The molecule has 1 aliphatic rings. The number of hydrogen-bond acceptors (Lipinski definition) is 0. The molecular weight excluding hydrogens is 494 g/mol. The maximum Gasteiger partial charge on any atom is 0.0541 e. The van der Waals surface area contributed by atoms with Crippen LogP contribution >= 0.6 is 0 Å². The Bertz CT molecular complexity index is 2300. The minimum absolute atomic E-state index is 1.18. The molecule has 0 bridgehead atoms. The molecule has 8 aromatic rings. The molecule has 1 aliphatic carbocycles. The summed E-state index contributed by atoms with van der Waals surface area (Å²) in [5.74, 6) is 0. The molecule has 1 nitrogen and oxygen atoms in total. The summed E-state index contributed by atoms with van der Waals surface area (Å²) in [6.45, 7) is 0. The van der Waals surface area contributed by atoms with Crippen LogP contribution in [0, 0.1) is 0 Å². The molecular formula is C40H25N. The standard InChI is InChI=1S/C40H25N/c1-2-13-31(14-3-1)41-38-18-5-4-15-33(38)37-25-30(20-22-39(37)41)28-12-6-11-27(23-28)29-19-21-32-34-16-7-9-26-10-8-17-35(40(26)34)36(32)24-29/h1-25H. The summed E-state index contributed by atoms with van der Waals surface area (Å²) in [6, 6.07) is 55.5. The molecule has 1 heteroatoms. The van der Waals surface area contributed by atoms with Crippen molar-refractivity contribution in [2.45, 2.75) is 0 Å². The molecule has 0 unspecified atom stereocenters. The second-order valence-corrected chi connectivity index (χ2v) is 11.0. The van der Waals surface area contributed by atoms with Gasteiger partial charge >= 0.3 is 0 Å². The lowest BCUT2D eigenvalue weighted by molar-refractivity contribution is 1.18. The molecule has 0 saturated carbocycles. The fourth-order valence-electron chi connectivity index (χ4n) is 6.86. The van der Waals surface area contributed by atoms with Gasteiger partial charge in [0.1, 0.15) is 0 Å². The van der Waals surface area contributed by atoms with E-state index in [9.17, 15) is 0 Å². The van der Waals surface area contributed by atoms with Gasteiger partial charge in [0.25, 0.3) is 0 Å². The lowest BCUT2D eigenvalue weighted by Gasteiger charge is -2.10. The molecule has 0 aliphatic heterocycles. The zero-order valence-corrected chi connectivity index (χ0v) is 22.4. The molecule has 0 radical (unpaired) electrons. The third-order valence-electron chi connectivity index (χ3n) is 8.72. The molecule has 1 heterocycles. The van der Waals surface area contributed by atoms with E-state index in [2.05, 4.69) is 156 Å². The molecule has 0 N–H and O–H groups in total. The Morgan fingerprint density at radius 3 is 1.80 bits per heavy atom. The van der Waals surface area contributed by atoms with E-state index in [1.165, 1.54) is 82.8 Å². The van der Waals surface area contributed by atoms with E-state index in [0.29, 0.717) is 0 Å². The van der Waals surface area contributed by atoms with Crippen molar-refractivity contribution in [3.05, 3.63) is 152 Å². The van der Waals surface area contributed by atoms with Gasteiger partial charge in [-0.15, -0.1) is 0 Å². The van der Waals surface area contributed by atoms with E-state index in [1.807, 2.05) is 0 Å². The largest absolute Gasteiger partial charge is 0.309 e. The topological polar surface area (TPSA) is 4.93 Å². The molecule has 0 saturated heterocycles. The van der Waals surface area contributed by atoms with E-state index < -0.39 is 0 Å². The van der Waals surface area contributed by atoms with Crippen molar-refractivity contribution < 1.29 is 0 Å². The van der Waals surface area contributed by atoms with E-state index in [1.54, 1.807) is 0 Å². The zero-order chi connectivity index (χ0) is 26.9. The Morgan fingerprint density at radius 1 is 0.341 bits per heavy atom. The van der Waals surface area contributed by atoms with Crippen LogP contribution in [0.15, 0.2) is 152 Å². The first-order chi connectivity index (χ1) is 20.3. The highest BCUT2D eigenvalue weighted by molar-refractivity contribution is 6.15. The second-order valence-electron chi connectivity index (χ2n) is 11.0. The third-order valence-corrected chi connectivity index (χ3v) is 8.72. The highest BCUT2D eigenvalue weighted by Gasteiger charge is 2.21. The molecule has 0 spiro atoms. The van der Waals surface area contributed by atoms with E-state index in [0.717, 1.165) is 0 Å². The number of benzene rings is 7. The predicted molar refractivity (Wildman–Crippen MR) is 174 cm³/mol. The van der Waals surface area contributed by atoms with Crippen molar-refractivity contribution in [1.29, 1.82) is 0 Å². The van der Waals surface area contributed by atoms with Crippen molar-refractivity contribution in [3.8, 4) is 50.2 Å². The van der Waals surface area contributed by atoms with Crippen molar-refractivity contribution in [2.24, 2.45) is 0 Å². The molecule has 7 aromatic carbocycles. The van der Waals surface area contributed by atoms with Gasteiger partial charge in [-0.1, -0.05) is 109 Å². The lowest BCUT2D eigenvalue weighted by Crippen LogP contribution is -1.92. The van der Waals surface area contributed by atoms with E-state index in [-0.39, 0.29) is 0 Å². The molecule has 1 aromatic heterocycles. The van der Waals surface area contributed by atoms with Crippen molar-refractivity contribution in [2.75, 3.05) is 0 Å². The van der Waals surface area contributed by atoms with Gasteiger partial charge in [-0.25, -0.2) is 0 Å². The van der Waals surface area contributed by atoms with Gasteiger partial charge in [-0.3, -0.25) is 0 Å². The third kappa shape index (κ3) is 3.30. The van der Waals surface area contributed by atoms with Gasteiger partial charge in [0.2, 0.25) is 0 Å². The van der Waals surface area contributed by atoms with Crippen LogP contribution in [0.25, 0.3) is 82.8 Å². The average Bonchev–Trinajstić information content (AvgIpc) is 3.55. The smallest absolute Gasteiger partial charge is 0.0541 e. The van der Waals surface area contributed by atoms with Gasteiger partial charge in [-0.2, -0.15) is 0 Å². The highest BCUT2D eigenvalue weighted by Crippen LogP contribution is 2.48. The van der Waals surface area contributed by atoms with Gasteiger partial charge in [-0.05, 0) is 97.7 Å². The first-order valence-electron chi connectivity index (χ1n) is 14.2. The van der Waals surface area contributed by atoms with Gasteiger partial charge in [0, 0.05) is 16.5 Å². The molecule has 9 rings (SSSR count). The fourth-order valence-corrected chi connectivity index (χ4v) is 6.86. The van der Waals surface area contributed by atoms with Crippen LogP contribution < -0.4 is 0 Å². The minimum Gasteiger partial charge on any atom is -0.309 e. The SMILES string of the molecule is c1ccc(-n2c3ccccc3c3cc(-c4cccc(-c5ccc6c(c5)-c5cccc7cccc-6c57)c4)ccc32)cc1. The summed E-state index contributed by atoms with van der Waals surface area (Å²) in [5.41, 5.74) is 13.9. The van der Waals surface area contributed by atoms with Crippen LogP contribution in [0.4, 0.5) is 0 Å². The van der Waals surface area contributed by atoms with Gasteiger partial charge in [0.05, 0.1) is 11.0 Å². The quantitative estimate of drug-likeness (QED) is 0.219. The van der Waals surface area contributed by atoms with Gasteiger partial charge in [0.15, 0.2) is 0 Å². The normalized spacial score (nSPS) is 11.9. The second kappa shape index (κ2) is 8.55. The van der Waals surface area contributed by atoms with Crippen molar-refractivity contribution in [1.82, 2.24) is 4.57 Å².